The molecule has 0 aliphatic carbocycles. The van der Waals surface area contributed by atoms with Crippen LogP contribution >= 0.6 is 12.4 Å². The van der Waals surface area contributed by atoms with Crippen LogP contribution in [0.2, 0.25) is 0 Å². The highest BCUT2D eigenvalue weighted by atomic mass is 35.5. The van der Waals surface area contributed by atoms with Crippen LogP contribution in [0.5, 0.6) is 0 Å². The van der Waals surface area contributed by atoms with Gasteiger partial charge < -0.3 is 15.4 Å². The van der Waals surface area contributed by atoms with E-state index in [0.717, 1.165) is 33.5 Å². The van der Waals surface area contributed by atoms with E-state index in [2.05, 4.69) is 10.1 Å². The van der Waals surface area contributed by atoms with Crippen molar-refractivity contribution in [3.05, 3.63) is 83.7 Å². The first-order valence-corrected chi connectivity index (χ1v) is 8.50. The number of hydrogen-bond acceptors (Lipinski definition) is 5. The van der Waals surface area contributed by atoms with E-state index in [1.165, 1.54) is 0 Å². The Morgan fingerprint density at radius 1 is 1.04 bits per heavy atom. The summed E-state index contributed by atoms with van der Waals surface area (Å²) in [4.78, 5) is 4.37. The first-order valence-electron chi connectivity index (χ1n) is 8.50. The molecule has 0 aliphatic heterocycles. The van der Waals surface area contributed by atoms with E-state index in [-0.39, 0.29) is 25.1 Å². The van der Waals surface area contributed by atoms with Crippen LogP contribution in [-0.4, -0.2) is 15.2 Å². The van der Waals surface area contributed by atoms with Gasteiger partial charge in [-0.05, 0) is 35.4 Å². The molecule has 0 bridgehead atoms. The maximum absolute atomic E-state index is 9.29. The maximum Gasteiger partial charge on any atom is 0.167 e. The van der Waals surface area contributed by atoms with Gasteiger partial charge in [0.05, 0.1) is 6.61 Å². The highest BCUT2D eigenvalue weighted by Gasteiger charge is 2.18. The van der Waals surface area contributed by atoms with Crippen molar-refractivity contribution in [1.29, 1.82) is 0 Å². The second kappa shape index (κ2) is 8.31. The van der Waals surface area contributed by atoms with Gasteiger partial charge in [-0.1, -0.05) is 41.6 Å². The highest BCUT2D eigenvalue weighted by Crippen LogP contribution is 2.33. The summed E-state index contributed by atoms with van der Waals surface area (Å²) >= 11 is 0. The molecule has 138 valence electrons. The quantitative estimate of drug-likeness (QED) is 0.544. The lowest BCUT2D eigenvalue weighted by Gasteiger charge is -2.15. The molecule has 3 N–H and O–H groups in total. The van der Waals surface area contributed by atoms with E-state index in [0.29, 0.717) is 12.0 Å². The van der Waals surface area contributed by atoms with Gasteiger partial charge in [-0.3, -0.25) is 4.98 Å². The summed E-state index contributed by atoms with van der Waals surface area (Å²) in [6.45, 7) is -0.0302. The van der Waals surface area contributed by atoms with Gasteiger partial charge in [-0.15, -0.1) is 12.4 Å². The average Bonchev–Trinajstić information content (AvgIpc) is 3.11. The fourth-order valence-electron chi connectivity index (χ4n) is 3.16. The van der Waals surface area contributed by atoms with Gasteiger partial charge in [0.15, 0.2) is 5.58 Å². The van der Waals surface area contributed by atoms with Crippen LogP contribution in [0.25, 0.3) is 22.2 Å². The predicted molar refractivity (Wildman–Crippen MR) is 107 cm³/mol. The Morgan fingerprint density at radius 2 is 1.85 bits per heavy atom. The number of fused-ring (bicyclic) bond motifs is 1. The zero-order valence-corrected chi connectivity index (χ0v) is 15.4. The Balaban J connectivity index is 0.00000210. The summed E-state index contributed by atoms with van der Waals surface area (Å²) in [7, 11) is 0. The van der Waals surface area contributed by atoms with Crippen molar-refractivity contribution in [3.63, 3.8) is 0 Å². The molecular formula is C21H20ClN3O2. The number of nitrogens with zero attached hydrogens (tertiary/aromatic N) is 2. The summed E-state index contributed by atoms with van der Waals surface area (Å²) in [6.07, 6.45) is 2.42. The van der Waals surface area contributed by atoms with Gasteiger partial charge in [0.25, 0.3) is 0 Å². The third-order valence-electron chi connectivity index (χ3n) is 4.49. The number of aliphatic hydroxyl groups excluding tert-OH is 1. The number of rotatable bonds is 5. The predicted octanol–water partition coefficient (Wildman–Crippen LogP) is 4.05. The molecular weight excluding hydrogens is 362 g/mol. The Morgan fingerprint density at radius 3 is 2.63 bits per heavy atom. The van der Waals surface area contributed by atoms with Crippen molar-refractivity contribution in [2.45, 2.75) is 19.1 Å². The van der Waals surface area contributed by atoms with E-state index in [4.69, 9.17) is 10.3 Å². The van der Waals surface area contributed by atoms with Gasteiger partial charge in [0, 0.05) is 35.3 Å². The third kappa shape index (κ3) is 3.85. The van der Waals surface area contributed by atoms with Gasteiger partial charge in [0.2, 0.25) is 0 Å². The van der Waals surface area contributed by atoms with Gasteiger partial charge in [0.1, 0.15) is 5.69 Å². The fraction of sp³-hybridized carbons (Fsp3) is 0.143. The van der Waals surface area contributed by atoms with Crippen LogP contribution in [0.1, 0.15) is 22.9 Å². The summed E-state index contributed by atoms with van der Waals surface area (Å²) < 4.78 is 5.48. The van der Waals surface area contributed by atoms with Gasteiger partial charge in [-0.2, -0.15) is 0 Å². The Kier molecular flexibility index (Phi) is 5.86. The molecule has 0 saturated heterocycles. The standard InChI is InChI=1S/C21H19N3O2.ClH/c22-19(12-15-5-3-4-10-23-15)16-6-1-2-7-17(16)21-18-9-8-14(13-25)11-20(18)26-24-21;/h1-11,19,25H,12-13,22H2;1H. The number of aliphatic hydroxyl groups is 1. The smallest absolute Gasteiger partial charge is 0.167 e. The van der Waals surface area contributed by atoms with E-state index in [1.807, 2.05) is 60.7 Å². The molecule has 0 saturated carbocycles. The molecule has 5 nitrogen and oxygen atoms in total. The van der Waals surface area contributed by atoms with Crippen LogP contribution in [0, 0.1) is 0 Å². The Bertz CT molecular complexity index is 1030. The number of benzene rings is 2. The van der Waals surface area contributed by atoms with Crippen molar-refractivity contribution in [3.8, 4) is 11.3 Å². The minimum absolute atomic E-state index is 0. The molecule has 2 aromatic carbocycles. The number of hydrogen-bond donors (Lipinski definition) is 2. The molecule has 0 fully saturated rings. The van der Waals surface area contributed by atoms with E-state index in [9.17, 15) is 5.11 Å². The Hall–Kier alpha value is -2.73. The van der Waals surface area contributed by atoms with Crippen molar-refractivity contribution >= 4 is 23.4 Å². The summed E-state index contributed by atoms with van der Waals surface area (Å²) in [5.41, 5.74) is 11.6. The average molecular weight is 382 g/mol. The van der Waals surface area contributed by atoms with Crippen molar-refractivity contribution in [1.82, 2.24) is 10.1 Å². The largest absolute Gasteiger partial charge is 0.392 e. The number of nitrogens with two attached hydrogens (primary N) is 1. The molecule has 0 aliphatic rings. The van der Waals surface area contributed by atoms with Crippen LogP contribution in [-0.2, 0) is 13.0 Å². The molecule has 27 heavy (non-hydrogen) atoms. The molecule has 0 radical (unpaired) electrons. The summed E-state index contributed by atoms with van der Waals surface area (Å²) in [5, 5.41) is 14.5. The van der Waals surface area contributed by atoms with E-state index >= 15 is 0 Å². The number of halogens is 1. The molecule has 4 aromatic rings. The lowest BCUT2D eigenvalue weighted by Crippen LogP contribution is -2.15. The number of pyridine rings is 1. The molecule has 2 aromatic heterocycles. The fourth-order valence-corrected chi connectivity index (χ4v) is 3.16. The summed E-state index contributed by atoms with van der Waals surface area (Å²) in [5.74, 6) is 0. The van der Waals surface area contributed by atoms with E-state index < -0.39 is 0 Å². The third-order valence-corrected chi connectivity index (χ3v) is 4.49. The molecule has 6 heteroatoms. The first-order chi connectivity index (χ1) is 12.8. The lowest BCUT2D eigenvalue weighted by molar-refractivity contribution is 0.282. The molecule has 2 heterocycles. The second-order valence-electron chi connectivity index (χ2n) is 6.24. The molecule has 1 atom stereocenters. The lowest BCUT2D eigenvalue weighted by atomic mass is 9.94. The Labute approximate surface area is 163 Å². The minimum atomic E-state index is -0.204. The van der Waals surface area contributed by atoms with Crippen LogP contribution < -0.4 is 5.73 Å². The normalized spacial score (nSPS) is 11.9. The summed E-state index contributed by atoms with van der Waals surface area (Å²) in [6, 6.07) is 19.2. The number of aromatic nitrogens is 2. The molecule has 1 unspecified atom stereocenters. The highest BCUT2D eigenvalue weighted by molar-refractivity contribution is 5.92. The monoisotopic (exact) mass is 381 g/mol. The zero-order valence-electron chi connectivity index (χ0n) is 14.6. The second-order valence-corrected chi connectivity index (χ2v) is 6.24. The van der Waals surface area contributed by atoms with Crippen LogP contribution in [0.4, 0.5) is 0 Å². The zero-order chi connectivity index (χ0) is 17.9. The van der Waals surface area contributed by atoms with Crippen LogP contribution in [0.3, 0.4) is 0 Å². The minimum Gasteiger partial charge on any atom is -0.392 e. The molecule has 0 amide bonds. The van der Waals surface area contributed by atoms with Crippen molar-refractivity contribution in [2.75, 3.05) is 0 Å². The maximum atomic E-state index is 9.29. The van der Waals surface area contributed by atoms with Crippen LogP contribution in [0.15, 0.2) is 71.4 Å². The van der Waals surface area contributed by atoms with Crippen molar-refractivity contribution in [2.24, 2.45) is 5.73 Å². The first kappa shape index (κ1) is 19.0. The van der Waals surface area contributed by atoms with E-state index in [1.54, 1.807) is 6.20 Å². The van der Waals surface area contributed by atoms with Gasteiger partial charge >= 0.3 is 0 Å². The molecule has 4 rings (SSSR count). The topological polar surface area (TPSA) is 85.2 Å². The van der Waals surface area contributed by atoms with Crippen molar-refractivity contribution < 1.29 is 9.63 Å². The SMILES string of the molecule is Cl.NC(Cc1ccccn1)c1ccccc1-c1noc2cc(CO)ccc12. The van der Waals surface area contributed by atoms with Gasteiger partial charge in [-0.25, -0.2) is 0 Å². The molecule has 0 spiro atoms.